The number of nitrogens with one attached hydrogen (secondary N) is 1. The molecule has 1 aromatic rings. The number of nitrogens with zero attached hydrogens (tertiary/aromatic N) is 2. The molecule has 108 valence electrons. The minimum atomic E-state index is -4.64. The van der Waals surface area contributed by atoms with Crippen molar-refractivity contribution < 1.29 is 18.1 Å². The van der Waals surface area contributed by atoms with Crippen molar-refractivity contribution in [3.63, 3.8) is 0 Å². The second-order valence-electron chi connectivity index (χ2n) is 3.93. The minimum Gasteiger partial charge on any atom is -0.379 e. The predicted molar refractivity (Wildman–Crippen MR) is 67.1 cm³/mol. The molecule has 0 aliphatic rings. The molecular formula is C12H12F3N3O2. The van der Waals surface area contributed by atoms with Crippen LogP contribution in [-0.4, -0.2) is 16.5 Å². The van der Waals surface area contributed by atoms with Gasteiger partial charge in [0.15, 0.2) is 0 Å². The van der Waals surface area contributed by atoms with Crippen LogP contribution in [0, 0.1) is 22.5 Å². The third-order valence-corrected chi connectivity index (χ3v) is 2.43. The van der Waals surface area contributed by atoms with Gasteiger partial charge in [-0.05, 0) is 18.9 Å². The number of pyridine rings is 1. The van der Waals surface area contributed by atoms with Crippen molar-refractivity contribution in [2.75, 3.05) is 11.9 Å². The van der Waals surface area contributed by atoms with Crippen molar-refractivity contribution in [1.82, 2.24) is 4.98 Å². The van der Waals surface area contributed by atoms with Crippen molar-refractivity contribution >= 4 is 11.4 Å². The Morgan fingerprint density at radius 2 is 2.15 bits per heavy atom. The maximum Gasteiger partial charge on any atom is 0.433 e. The van der Waals surface area contributed by atoms with Crippen LogP contribution in [0.2, 0.25) is 0 Å². The maximum atomic E-state index is 12.5. The fourth-order valence-electron chi connectivity index (χ4n) is 1.47. The quantitative estimate of drug-likeness (QED) is 0.377. The van der Waals surface area contributed by atoms with Crippen LogP contribution < -0.4 is 5.32 Å². The lowest BCUT2D eigenvalue weighted by atomic mass is 10.2. The molecule has 0 atom stereocenters. The highest BCUT2D eigenvalue weighted by molar-refractivity contribution is 5.61. The van der Waals surface area contributed by atoms with Gasteiger partial charge in [0, 0.05) is 13.0 Å². The Morgan fingerprint density at radius 3 is 2.70 bits per heavy atom. The van der Waals surface area contributed by atoms with Crippen molar-refractivity contribution in [3.8, 4) is 12.3 Å². The molecule has 8 heteroatoms. The summed E-state index contributed by atoms with van der Waals surface area (Å²) in [5, 5.41) is 13.4. The molecule has 0 saturated heterocycles. The highest BCUT2D eigenvalue weighted by atomic mass is 19.4. The summed E-state index contributed by atoms with van der Waals surface area (Å²) in [5.41, 5.74) is -1.86. The Balaban J connectivity index is 2.85. The van der Waals surface area contributed by atoms with Crippen molar-refractivity contribution in [3.05, 3.63) is 28.1 Å². The monoisotopic (exact) mass is 287 g/mol. The Bertz CT molecular complexity index is 524. The number of hydrogen-bond acceptors (Lipinski definition) is 4. The summed E-state index contributed by atoms with van der Waals surface area (Å²) in [6, 6.07) is 0.638. The van der Waals surface area contributed by atoms with Gasteiger partial charge in [-0.1, -0.05) is 0 Å². The van der Waals surface area contributed by atoms with E-state index in [-0.39, 0.29) is 5.69 Å². The molecule has 20 heavy (non-hydrogen) atoms. The maximum absolute atomic E-state index is 12.5. The molecule has 0 fully saturated rings. The lowest BCUT2D eigenvalue weighted by Crippen LogP contribution is -2.11. The van der Waals surface area contributed by atoms with Gasteiger partial charge in [-0.2, -0.15) is 13.2 Å². The molecule has 0 amide bonds. The van der Waals surface area contributed by atoms with Gasteiger partial charge in [0.05, 0.1) is 4.92 Å². The second kappa shape index (κ2) is 6.75. The molecule has 0 aliphatic carbocycles. The van der Waals surface area contributed by atoms with Crippen LogP contribution >= 0.6 is 0 Å². The highest BCUT2D eigenvalue weighted by Gasteiger charge is 2.34. The molecule has 0 saturated carbocycles. The number of terminal acetylenes is 1. The zero-order valence-corrected chi connectivity index (χ0v) is 10.4. The number of hydrogen-bond donors (Lipinski definition) is 1. The summed E-state index contributed by atoms with van der Waals surface area (Å²) >= 11 is 0. The molecule has 0 aromatic carbocycles. The number of alkyl halides is 3. The summed E-state index contributed by atoms with van der Waals surface area (Å²) in [5.74, 6) is 2.43. The van der Waals surface area contributed by atoms with E-state index in [1.165, 1.54) is 0 Å². The van der Waals surface area contributed by atoms with E-state index >= 15 is 0 Å². The van der Waals surface area contributed by atoms with Crippen LogP contribution in [0.15, 0.2) is 12.3 Å². The van der Waals surface area contributed by atoms with Crippen molar-refractivity contribution in [1.29, 1.82) is 0 Å². The fraction of sp³-hybridized carbons (Fsp3) is 0.417. The third-order valence-electron chi connectivity index (χ3n) is 2.43. The zero-order valence-electron chi connectivity index (χ0n) is 10.4. The van der Waals surface area contributed by atoms with Gasteiger partial charge < -0.3 is 5.32 Å². The van der Waals surface area contributed by atoms with Gasteiger partial charge in [0.25, 0.3) is 0 Å². The van der Waals surface area contributed by atoms with Crippen LogP contribution in [0.5, 0.6) is 0 Å². The largest absolute Gasteiger partial charge is 0.433 e. The van der Waals surface area contributed by atoms with E-state index in [1.54, 1.807) is 0 Å². The van der Waals surface area contributed by atoms with E-state index in [2.05, 4.69) is 16.2 Å². The highest BCUT2D eigenvalue weighted by Crippen LogP contribution is 2.32. The van der Waals surface area contributed by atoms with Gasteiger partial charge in [-0.25, -0.2) is 4.98 Å². The van der Waals surface area contributed by atoms with Crippen LogP contribution in [-0.2, 0) is 6.18 Å². The fourth-order valence-corrected chi connectivity index (χ4v) is 1.47. The van der Waals surface area contributed by atoms with Crippen LogP contribution in [0.3, 0.4) is 0 Å². The SMILES string of the molecule is C#CCCCCNc1cc(C(F)(F)F)ncc1[N+](=O)[O-]. The Hall–Kier alpha value is -2.30. The van der Waals surface area contributed by atoms with Crippen molar-refractivity contribution in [2.45, 2.75) is 25.4 Å². The van der Waals surface area contributed by atoms with Gasteiger partial charge >= 0.3 is 11.9 Å². The molecule has 5 nitrogen and oxygen atoms in total. The molecule has 1 heterocycles. The zero-order chi connectivity index (χ0) is 15.2. The van der Waals surface area contributed by atoms with Gasteiger partial charge in [0.2, 0.25) is 0 Å². The predicted octanol–water partition coefficient (Wildman–Crippen LogP) is 3.22. The molecule has 0 unspecified atom stereocenters. The number of anilines is 1. The molecule has 0 spiro atoms. The second-order valence-corrected chi connectivity index (χ2v) is 3.93. The summed E-state index contributed by atoms with van der Waals surface area (Å²) in [4.78, 5) is 13.0. The first kappa shape index (κ1) is 15.8. The Labute approximate surface area is 113 Å². The summed E-state index contributed by atoms with van der Waals surface area (Å²) < 4.78 is 37.5. The number of halogens is 3. The minimum absolute atomic E-state index is 0.196. The molecule has 0 bridgehead atoms. The van der Waals surface area contributed by atoms with Crippen LogP contribution in [0.1, 0.15) is 25.0 Å². The average molecular weight is 287 g/mol. The van der Waals surface area contributed by atoms with E-state index in [0.29, 0.717) is 38.1 Å². The van der Waals surface area contributed by atoms with Gasteiger partial charge in [-0.3, -0.25) is 10.1 Å². The lowest BCUT2D eigenvalue weighted by molar-refractivity contribution is -0.384. The van der Waals surface area contributed by atoms with E-state index in [9.17, 15) is 23.3 Å². The van der Waals surface area contributed by atoms with Gasteiger partial charge in [-0.15, -0.1) is 12.3 Å². The van der Waals surface area contributed by atoms with Crippen molar-refractivity contribution in [2.24, 2.45) is 0 Å². The first-order valence-electron chi connectivity index (χ1n) is 5.75. The molecule has 1 rings (SSSR count). The molecule has 0 radical (unpaired) electrons. The van der Waals surface area contributed by atoms with Crippen LogP contribution in [0.4, 0.5) is 24.5 Å². The molecular weight excluding hydrogens is 275 g/mol. The number of aromatic nitrogens is 1. The van der Waals surface area contributed by atoms with E-state index < -0.39 is 22.5 Å². The normalized spacial score (nSPS) is 10.9. The molecule has 1 N–H and O–H groups in total. The van der Waals surface area contributed by atoms with Crippen LogP contribution in [0.25, 0.3) is 0 Å². The average Bonchev–Trinajstić information content (AvgIpc) is 2.37. The Morgan fingerprint density at radius 1 is 1.45 bits per heavy atom. The van der Waals surface area contributed by atoms with E-state index in [0.717, 1.165) is 0 Å². The summed E-state index contributed by atoms with van der Waals surface area (Å²) in [6.45, 7) is 0.295. The number of nitro groups is 1. The smallest absolute Gasteiger partial charge is 0.379 e. The topological polar surface area (TPSA) is 68.1 Å². The third kappa shape index (κ3) is 4.42. The first-order valence-corrected chi connectivity index (χ1v) is 5.75. The number of rotatable bonds is 6. The van der Waals surface area contributed by atoms with E-state index in [4.69, 9.17) is 6.42 Å². The standard InChI is InChI=1S/C12H12F3N3O2/c1-2-3-4-5-6-16-9-7-11(12(13,14)15)17-8-10(9)18(19)20/h1,7-8H,3-6H2,(H,16,17). The first-order chi connectivity index (χ1) is 9.36. The molecule has 0 aliphatic heterocycles. The summed E-state index contributed by atoms with van der Waals surface area (Å²) in [6.07, 6.45) is 2.86. The Kier molecular flexibility index (Phi) is 5.32. The van der Waals surface area contributed by atoms with Gasteiger partial charge in [0.1, 0.15) is 17.6 Å². The molecule has 1 aromatic heterocycles. The lowest BCUT2D eigenvalue weighted by Gasteiger charge is -2.10. The summed E-state index contributed by atoms with van der Waals surface area (Å²) in [7, 11) is 0. The number of unbranched alkanes of at least 4 members (excludes halogenated alkanes) is 2. The van der Waals surface area contributed by atoms with E-state index in [1.807, 2.05) is 0 Å².